The molecule has 0 N–H and O–H groups in total. The van der Waals surface area contributed by atoms with Crippen LogP contribution in [0.25, 0.3) is 109 Å². The fraction of sp³-hybridized carbons (Fsp3) is 0. The van der Waals surface area contributed by atoms with Crippen LogP contribution in [-0.4, -0.2) is 4.98 Å². The van der Waals surface area contributed by atoms with Gasteiger partial charge in [0.2, 0.25) is 0 Å². The van der Waals surface area contributed by atoms with Gasteiger partial charge in [-0.3, -0.25) is 0 Å². The molecule has 0 radical (unpaired) electrons. The number of aromatic nitrogens is 1. The molecular formula is C47H27N. The normalized spacial score (nSPS) is 12.2. The van der Waals surface area contributed by atoms with E-state index in [0.717, 1.165) is 16.8 Å². The van der Waals surface area contributed by atoms with E-state index in [4.69, 9.17) is 4.98 Å². The molecule has 0 fully saturated rings. The second-order valence-corrected chi connectivity index (χ2v) is 13.1. The van der Waals surface area contributed by atoms with Crippen molar-refractivity contribution in [1.82, 2.24) is 4.98 Å². The minimum atomic E-state index is 1.02. The Hall–Kier alpha value is -6.31. The molecule has 1 heteroatoms. The summed E-state index contributed by atoms with van der Waals surface area (Å²) in [5.41, 5.74) is 5.61. The Balaban J connectivity index is 1.23. The fourth-order valence-corrected chi connectivity index (χ4v) is 8.39. The van der Waals surface area contributed by atoms with Crippen LogP contribution in [0.3, 0.4) is 0 Å². The molecule has 0 saturated carbocycles. The first-order valence-corrected chi connectivity index (χ1v) is 16.6. The lowest BCUT2D eigenvalue weighted by molar-refractivity contribution is 1.44. The van der Waals surface area contributed by atoms with Gasteiger partial charge in [-0.05, 0) is 94.0 Å². The van der Waals surface area contributed by atoms with Gasteiger partial charge in [-0.25, -0.2) is 4.98 Å². The quantitative estimate of drug-likeness (QED) is 0.179. The third kappa shape index (κ3) is 3.53. The first-order valence-electron chi connectivity index (χ1n) is 16.6. The van der Waals surface area contributed by atoms with E-state index in [0.29, 0.717) is 0 Å². The predicted molar refractivity (Wildman–Crippen MR) is 206 cm³/mol. The molecule has 0 amide bonds. The largest absolute Gasteiger partial charge is 0.246 e. The Morgan fingerprint density at radius 3 is 1.58 bits per heavy atom. The van der Waals surface area contributed by atoms with Crippen LogP contribution in [0, 0.1) is 0 Å². The number of nitrogens with zero attached hydrogens (tertiary/aromatic N) is 1. The molecule has 0 bridgehead atoms. The number of benzene rings is 10. The first-order chi connectivity index (χ1) is 23.8. The highest BCUT2D eigenvalue weighted by Gasteiger charge is 2.19. The predicted octanol–water partition coefficient (Wildman–Crippen LogP) is 13.1. The van der Waals surface area contributed by atoms with Crippen LogP contribution in [-0.2, 0) is 0 Å². The molecule has 1 nitrogen and oxygen atoms in total. The van der Waals surface area contributed by atoms with Crippen LogP contribution in [0.2, 0.25) is 0 Å². The van der Waals surface area contributed by atoms with Gasteiger partial charge in [-0.15, -0.1) is 0 Å². The molecule has 0 spiro atoms. The molecule has 1 heterocycles. The summed E-state index contributed by atoms with van der Waals surface area (Å²) in [7, 11) is 0. The Kier molecular flexibility index (Phi) is 5.17. The molecule has 11 aromatic rings. The summed E-state index contributed by atoms with van der Waals surface area (Å²) in [4.78, 5) is 5.65. The van der Waals surface area contributed by atoms with Crippen molar-refractivity contribution in [3.05, 3.63) is 164 Å². The van der Waals surface area contributed by atoms with Crippen molar-refractivity contribution in [2.45, 2.75) is 0 Å². The van der Waals surface area contributed by atoms with Gasteiger partial charge < -0.3 is 0 Å². The van der Waals surface area contributed by atoms with Gasteiger partial charge in [-0.1, -0.05) is 146 Å². The summed E-state index contributed by atoms with van der Waals surface area (Å²) >= 11 is 0. The minimum Gasteiger partial charge on any atom is -0.246 e. The van der Waals surface area contributed by atoms with Crippen molar-refractivity contribution in [2.24, 2.45) is 0 Å². The summed E-state index contributed by atoms with van der Waals surface area (Å²) in [6.07, 6.45) is 0. The number of hydrogen-bond acceptors (Lipinski definition) is 1. The summed E-state index contributed by atoms with van der Waals surface area (Å²) in [5.74, 6) is 0. The molecule has 0 aliphatic heterocycles. The van der Waals surface area contributed by atoms with E-state index >= 15 is 0 Å². The lowest BCUT2D eigenvalue weighted by Crippen LogP contribution is -1.94. The number of hydrogen-bond donors (Lipinski definition) is 0. The van der Waals surface area contributed by atoms with E-state index in [1.165, 1.54) is 91.9 Å². The Morgan fingerprint density at radius 1 is 0.271 bits per heavy atom. The molecule has 0 saturated heterocycles. The molecule has 0 aliphatic carbocycles. The van der Waals surface area contributed by atoms with Crippen molar-refractivity contribution in [2.75, 3.05) is 0 Å². The van der Waals surface area contributed by atoms with E-state index in [-0.39, 0.29) is 0 Å². The Morgan fingerprint density at radius 2 is 0.812 bits per heavy atom. The lowest BCUT2D eigenvalue weighted by atomic mass is 9.89. The highest BCUT2D eigenvalue weighted by Crippen LogP contribution is 2.44. The van der Waals surface area contributed by atoms with Crippen LogP contribution in [0.5, 0.6) is 0 Å². The Bertz CT molecular complexity index is 3050. The third-order valence-corrected chi connectivity index (χ3v) is 10.5. The SMILES string of the molecule is c1cc(-c2cc3ccc4cccc5ccc(c2)c3c45)cc(-c2nc3c4ccccc4c4ccccc4c3c3ccc4ccccc4c23)c1. The monoisotopic (exact) mass is 605 g/mol. The van der Waals surface area contributed by atoms with Crippen molar-refractivity contribution >= 4 is 86.3 Å². The Labute approximate surface area is 276 Å². The van der Waals surface area contributed by atoms with Crippen LogP contribution in [0.15, 0.2) is 164 Å². The zero-order valence-electron chi connectivity index (χ0n) is 26.0. The van der Waals surface area contributed by atoms with Gasteiger partial charge in [0.05, 0.1) is 11.2 Å². The van der Waals surface area contributed by atoms with E-state index in [1.807, 2.05) is 0 Å². The smallest absolute Gasteiger partial charge is 0.0800 e. The van der Waals surface area contributed by atoms with Crippen molar-refractivity contribution in [1.29, 1.82) is 0 Å². The number of fused-ring (bicyclic) bond motifs is 10. The second-order valence-electron chi connectivity index (χ2n) is 13.1. The van der Waals surface area contributed by atoms with Gasteiger partial charge in [-0.2, -0.15) is 0 Å². The van der Waals surface area contributed by atoms with E-state index in [2.05, 4.69) is 164 Å². The standard InChI is InChI=1S/C47H27N/c1-2-14-36-28(9-1)23-24-41-44(36)46(48-47-40-18-6-4-16-38(40)37-15-3-5-17-39(37)45(41)47)34-13-8-12-31(25-34)35-26-32-21-19-29-10-7-11-30-20-22-33(27-35)43(32)42(29)30/h1-27H. The molecule has 1 aromatic heterocycles. The van der Waals surface area contributed by atoms with Crippen molar-refractivity contribution in [3.63, 3.8) is 0 Å². The average molecular weight is 606 g/mol. The maximum atomic E-state index is 5.65. The first kappa shape index (κ1) is 25.8. The zero-order valence-corrected chi connectivity index (χ0v) is 26.0. The van der Waals surface area contributed by atoms with E-state index in [9.17, 15) is 0 Å². The average Bonchev–Trinajstić information content (AvgIpc) is 3.16. The summed E-state index contributed by atoms with van der Waals surface area (Å²) in [5, 5.41) is 18.9. The third-order valence-electron chi connectivity index (χ3n) is 10.5. The van der Waals surface area contributed by atoms with Crippen LogP contribution < -0.4 is 0 Å². The fourth-order valence-electron chi connectivity index (χ4n) is 8.39. The minimum absolute atomic E-state index is 1.02. The maximum absolute atomic E-state index is 5.65. The summed E-state index contributed by atoms with van der Waals surface area (Å²) in [6.45, 7) is 0. The zero-order chi connectivity index (χ0) is 31.3. The molecule has 11 rings (SSSR count). The van der Waals surface area contributed by atoms with Crippen molar-refractivity contribution < 1.29 is 0 Å². The van der Waals surface area contributed by atoms with Crippen LogP contribution >= 0.6 is 0 Å². The van der Waals surface area contributed by atoms with Gasteiger partial charge in [0, 0.05) is 21.7 Å². The molecule has 10 aromatic carbocycles. The van der Waals surface area contributed by atoms with Crippen LogP contribution in [0.4, 0.5) is 0 Å². The molecule has 0 atom stereocenters. The van der Waals surface area contributed by atoms with Gasteiger partial charge in [0.25, 0.3) is 0 Å². The molecular weight excluding hydrogens is 579 g/mol. The number of pyridine rings is 1. The summed E-state index contributed by atoms with van der Waals surface area (Å²) in [6, 6.07) is 60.2. The topological polar surface area (TPSA) is 12.9 Å². The number of rotatable bonds is 2. The molecule has 48 heavy (non-hydrogen) atoms. The molecule has 0 unspecified atom stereocenters. The lowest BCUT2D eigenvalue weighted by Gasteiger charge is -2.17. The van der Waals surface area contributed by atoms with Gasteiger partial charge >= 0.3 is 0 Å². The molecule has 220 valence electrons. The van der Waals surface area contributed by atoms with Crippen molar-refractivity contribution in [3.8, 4) is 22.4 Å². The highest BCUT2D eigenvalue weighted by atomic mass is 14.7. The van der Waals surface area contributed by atoms with E-state index in [1.54, 1.807) is 0 Å². The highest BCUT2D eigenvalue weighted by molar-refractivity contribution is 6.33. The summed E-state index contributed by atoms with van der Waals surface area (Å²) < 4.78 is 0. The maximum Gasteiger partial charge on any atom is 0.0800 e. The second kappa shape index (κ2) is 9.61. The van der Waals surface area contributed by atoms with Gasteiger partial charge in [0.1, 0.15) is 0 Å². The van der Waals surface area contributed by atoms with E-state index < -0.39 is 0 Å². The van der Waals surface area contributed by atoms with Gasteiger partial charge in [0.15, 0.2) is 0 Å². The van der Waals surface area contributed by atoms with Crippen LogP contribution in [0.1, 0.15) is 0 Å². The molecule has 0 aliphatic rings.